The topological polar surface area (TPSA) is 32.7 Å². The van der Waals surface area contributed by atoms with E-state index in [-0.39, 0.29) is 5.91 Å². The Balaban J connectivity index is 1.97. The Kier molecular flexibility index (Phi) is 4.74. The standard InChI is InChI=1S/C19H16N2OS/c1-2-13-23-19-20-17(14-15-9-5-3-6-10-15)18(22)21(19)16-11-7-4-8-12-16/h2-12,14H,1,13H2. The maximum Gasteiger partial charge on any atom is 0.283 e. The van der Waals surface area contributed by atoms with Gasteiger partial charge in [0, 0.05) is 5.75 Å². The largest absolute Gasteiger partial charge is 0.283 e. The van der Waals surface area contributed by atoms with Crippen molar-refractivity contribution in [2.24, 2.45) is 4.99 Å². The highest BCUT2D eigenvalue weighted by molar-refractivity contribution is 8.14. The van der Waals surface area contributed by atoms with Crippen LogP contribution in [0.15, 0.2) is 84.0 Å². The van der Waals surface area contributed by atoms with E-state index in [0.29, 0.717) is 16.6 Å². The quantitative estimate of drug-likeness (QED) is 0.620. The number of hydrogen-bond donors (Lipinski definition) is 0. The average Bonchev–Trinajstić information content (AvgIpc) is 2.90. The Bertz CT molecular complexity index is 766. The third-order valence-electron chi connectivity index (χ3n) is 3.28. The Morgan fingerprint density at radius 3 is 2.35 bits per heavy atom. The minimum atomic E-state index is -0.105. The number of benzene rings is 2. The molecule has 0 aromatic heterocycles. The summed E-state index contributed by atoms with van der Waals surface area (Å²) in [5, 5.41) is 0.684. The number of carbonyl (C=O) groups is 1. The predicted molar refractivity (Wildman–Crippen MR) is 98.4 cm³/mol. The van der Waals surface area contributed by atoms with Gasteiger partial charge in [0.25, 0.3) is 5.91 Å². The first-order valence-electron chi connectivity index (χ1n) is 7.28. The molecule has 114 valence electrons. The second-order valence-corrected chi connectivity index (χ2v) is 5.90. The van der Waals surface area contributed by atoms with Crippen molar-refractivity contribution in [3.63, 3.8) is 0 Å². The number of nitrogens with zero attached hydrogens (tertiary/aromatic N) is 2. The molecule has 0 radical (unpaired) electrons. The van der Waals surface area contributed by atoms with Gasteiger partial charge in [-0.25, -0.2) is 4.99 Å². The first-order chi connectivity index (χ1) is 11.3. The molecule has 0 spiro atoms. The first kappa shape index (κ1) is 15.3. The Labute approximate surface area is 140 Å². The predicted octanol–water partition coefficient (Wildman–Crippen LogP) is 4.35. The van der Waals surface area contributed by atoms with Crippen LogP contribution < -0.4 is 4.90 Å². The molecule has 1 aliphatic rings. The Hall–Kier alpha value is -2.59. The van der Waals surface area contributed by atoms with Crippen molar-refractivity contribution in [2.45, 2.75) is 0 Å². The van der Waals surface area contributed by atoms with Crippen LogP contribution in [0.5, 0.6) is 0 Å². The lowest BCUT2D eigenvalue weighted by molar-refractivity contribution is -0.113. The number of amides is 1. The van der Waals surface area contributed by atoms with Crippen molar-refractivity contribution in [3.05, 3.63) is 84.6 Å². The van der Waals surface area contributed by atoms with Gasteiger partial charge in [-0.2, -0.15) is 0 Å². The van der Waals surface area contributed by atoms with Gasteiger partial charge in [-0.15, -0.1) is 6.58 Å². The number of anilines is 1. The summed E-state index contributed by atoms with van der Waals surface area (Å²) in [6.45, 7) is 3.73. The zero-order chi connectivity index (χ0) is 16.1. The number of rotatable bonds is 4. The summed E-state index contributed by atoms with van der Waals surface area (Å²) in [4.78, 5) is 19.0. The Morgan fingerprint density at radius 1 is 1.04 bits per heavy atom. The van der Waals surface area contributed by atoms with Crippen LogP contribution in [0.4, 0.5) is 5.69 Å². The summed E-state index contributed by atoms with van der Waals surface area (Å²) < 4.78 is 0. The molecular formula is C19H16N2OS. The van der Waals surface area contributed by atoms with E-state index in [4.69, 9.17) is 0 Å². The summed E-state index contributed by atoms with van der Waals surface area (Å²) in [6, 6.07) is 19.3. The highest BCUT2D eigenvalue weighted by atomic mass is 32.2. The van der Waals surface area contributed by atoms with Crippen molar-refractivity contribution in [3.8, 4) is 0 Å². The first-order valence-corrected chi connectivity index (χ1v) is 8.27. The van der Waals surface area contributed by atoms with E-state index in [1.807, 2.05) is 66.7 Å². The summed E-state index contributed by atoms with van der Waals surface area (Å²) in [5.41, 5.74) is 2.23. The van der Waals surface area contributed by atoms with Crippen molar-refractivity contribution in [2.75, 3.05) is 10.7 Å². The summed E-state index contributed by atoms with van der Waals surface area (Å²) >= 11 is 1.50. The molecule has 0 atom stereocenters. The lowest BCUT2D eigenvalue weighted by Crippen LogP contribution is -2.30. The zero-order valence-electron chi connectivity index (χ0n) is 12.6. The van der Waals surface area contributed by atoms with Gasteiger partial charge >= 0.3 is 0 Å². The van der Waals surface area contributed by atoms with Gasteiger partial charge in [0.2, 0.25) is 0 Å². The fourth-order valence-corrected chi connectivity index (χ4v) is 2.99. The zero-order valence-corrected chi connectivity index (χ0v) is 13.4. The summed E-state index contributed by atoms with van der Waals surface area (Å²) in [5.74, 6) is 0.597. The molecule has 23 heavy (non-hydrogen) atoms. The maximum atomic E-state index is 12.8. The molecule has 1 aliphatic heterocycles. The van der Waals surface area contributed by atoms with E-state index in [2.05, 4.69) is 11.6 Å². The minimum absolute atomic E-state index is 0.105. The second-order valence-electron chi connectivity index (χ2n) is 4.91. The highest BCUT2D eigenvalue weighted by Gasteiger charge is 2.31. The smallest absolute Gasteiger partial charge is 0.266 e. The van der Waals surface area contributed by atoms with Gasteiger partial charge in [0.1, 0.15) is 5.70 Å². The summed E-state index contributed by atoms with van der Waals surface area (Å²) in [6.07, 6.45) is 3.62. The fourth-order valence-electron chi connectivity index (χ4n) is 2.24. The van der Waals surface area contributed by atoms with Gasteiger partial charge in [0.15, 0.2) is 5.17 Å². The number of para-hydroxylation sites is 1. The van der Waals surface area contributed by atoms with Crippen molar-refractivity contribution >= 4 is 34.6 Å². The van der Waals surface area contributed by atoms with E-state index in [1.165, 1.54) is 11.8 Å². The number of hydrogen-bond acceptors (Lipinski definition) is 3. The molecule has 3 nitrogen and oxygen atoms in total. The van der Waals surface area contributed by atoms with Crippen molar-refractivity contribution < 1.29 is 4.79 Å². The molecule has 1 amide bonds. The molecule has 3 rings (SSSR count). The molecule has 2 aromatic carbocycles. The van der Waals surface area contributed by atoms with Gasteiger partial charge < -0.3 is 0 Å². The average molecular weight is 320 g/mol. The van der Waals surface area contributed by atoms with Crippen molar-refractivity contribution in [1.29, 1.82) is 0 Å². The highest BCUT2D eigenvalue weighted by Crippen LogP contribution is 2.29. The molecule has 0 N–H and O–H groups in total. The number of aliphatic imine (C=N–C) groups is 1. The molecule has 2 aromatic rings. The van der Waals surface area contributed by atoms with E-state index in [0.717, 1.165) is 11.3 Å². The van der Waals surface area contributed by atoms with Crippen LogP contribution in [0.2, 0.25) is 0 Å². The van der Waals surface area contributed by atoms with Crippen LogP contribution >= 0.6 is 11.8 Å². The van der Waals surface area contributed by atoms with Crippen LogP contribution in [0.1, 0.15) is 5.56 Å². The number of thioether (sulfide) groups is 1. The van der Waals surface area contributed by atoms with Crippen LogP contribution in [0, 0.1) is 0 Å². The second kappa shape index (κ2) is 7.11. The molecule has 0 saturated heterocycles. The molecule has 4 heteroatoms. The van der Waals surface area contributed by atoms with Crippen LogP contribution in [0.3, 0.4) is 0 Å². The van der Waals surface area contributed by atoms with Crippen molar-refractivity contribution in [1.82, 2.24) is 0 Å². The molecule has 0 unspecified atom stereocenters. The lowest BCUT2D eigenvalue weighted by Gasteiger charge is -2.17. The van der Waals surface area contributed by atoms with Crippen LogP contribution in [-0.4, -0.2) is 16.8 Å². The third kappa shape index (κ3) is 3.43. The molecule has 0 bridgehead atoms. The number of amidine groups is 1. The van der Waals surface area contributed by atoms with Gasteiger partial charge in [-0.05, 0) is 23.8 Å². The lowest BCUT2D eigenvalue weighted by atomic mass is 10.2. The van der Waals surface area contributed by atoms with Crippen LogP contribution in [-0.2, 0) is 4.79 Å². The summed E-state index contributed by atoms with van der Waals surface area (Å²) in [7, 11) is 0. The van der Waals surface area contributed by atoms with Gasteiger partial charge in [0.05, 0.1) is 5.69 Å². The monoisotopic (exact) mass is 320 g/mol. The van der Waals surface area contributed by atoms with E-state index >= 15 is 0 Å². The molecule has 1 heterocycles. The SMILES string of the molecule is C=CCSC1=NC(=Cc2ccccc2)C(=O)N1c1ccccc1. The van der Waals surface area contributed by atoms with E-state index in [1.54, 1.807) is 11.0 Å². The van der Waals surface area contributed by atoms with E-state index < -0.39 is 0 Å². The minimum Gasteiger partial charge on any atom is -0.266 e. The third-order valence-corrected chi connectivity index (χ3v) is 4.21. The molecule has 0 saturated carbocycles. The van der Waals surface area contributed by atoms with Gasteiger partial charge in [-0.1, -0.05) is 66.4 Å². The molecular weight excluding hydrogens is 304 g/mol. The molecule has 0 fully saturated rings. The fraction of sp³-hybridized carbons (Fsp3) is 0.0526. The Morgan fingerprint density at radius 2 is 1.70 bits per heavy atom. The van der Waals surface area contributed by atoms with Gasteiger partial charge in [-0.3, -0.25) is 9.69 Å². The normalized spacial score (nSPS) is 15.8. The number of carbonyl (C=O) groups excluding carboxylic acids is 1. The maximum absolute atomic E-state index is 12.8. The molecule has 0 aliphatic carbocycles. The van der Waals surface area contributed by atoms with E-state index in [9.17, 15) is 4.79 Å². The van der Waals surface area contributed by atoms with Crippen LogP contribution in [0.25, 0.3) is 6.08 Å².